The van der Waals surface area contributed by atoms with Gasteiger partial charge in [0, 0.05) is 37.8 Å². The largest absolute Gasteiger partial charge is 0.372 e. The third-order valence-corrected chi connectivity index (χ3v) is 4.18. The Kier molecular flexibility index (Phi) is 7.15. The van der Waals surface area contributed by atoms with E-state index in [-0.39, 0.29) is 28.7 Å². The third kappa shape index (κ3) is 4.94. The Morgan fingerprint density at radius 3 is 2.20 bits per heavy atom. The Bertz CT molecular complexity index is 1060. The maximum atomic E-state index is 11.6. The van der Waals surface area contributed by atoms with Crippen LogP contribution in [-0.2, 0) is 4.79 Å². The lowest BCUT2D eigenvalue weighted by Crippen LogP contribution is -2.21. The van der Waals surface area contributed by atoms with E-state index in [0.29, 0.717) is 11.4 Å². The molecule has 1 N–H and O–H groups in total. The highest BCUT2D eigenvalue weighted by Crippen LogP contribution is 2.43. The molecule has 2 aromatic rings. The second-order valence-electron chi connectivity index (χ2n) is 6.07. The van der Waals surface area contributed by atoms with Crippen molar-refractivity contribution in [1.82, 2.24) is 0 Å². The molecule has 0 aromatic heterocycles. The van der Waals surface area contributed by atoms with Gasteiger partial charge in [-0.1, -0.05) is 0 Å². The van der Waals surface area contributed by atoms with Gasteiger partial charge in [0.2, 0.25) is 23.0 Å². The highest BCUT2D eigenvalue weighted by molar-refractivity contribution is 5.93. The molecule has 10 nitrogen and oxygen atoms in total. The summed E-state index contributed by atoms with van der Waals surface area (Å²) in [6.45, 7) is 21.5. The van der Waals surface area contributed by atoms with Gasteiger partial charge in [-0.2, -0.15) is 10.2 Å². The maximum Gasteiger partial charge on any atom is 0.249 e. The molecule has 0 radical (unpaired) electrons. The molecule has 0 saturated carbocycles. The van der Waals surface area contributed by atoms with Crippen molar-refractivity contribution in [2.24, 2.45) is 10.2 Å². The first kappa shape index (κ1) is 22.0. The number of nitrogens with one attached hydrogen (secondary N) is 1. The first-order chi connectivity index (χ1) is 14.3. The minimum absolute atomic E-state index is 0.0628. The fourth-order valence-electron chi connectivity index (χ4n) is 2.76. The van der Waals surface area contributed by atoms with Gasteiger partial charge in [-0.05, 0) is 32.0 Å². The van der Waals surface area contributed by atoms with Crippen molar-refractivity contribution in [3.05, 3.63) is 63.3 Å². The summed E-state index contributed by atoms with van der Waals surface area (Å²) >= 11 is 0. The second kappa shape index (κ2) is 9.75. The monoisotopic (exact) mass is 405 g/mol. The molecule has 152 valence electrons. The maximum absolute atomic E-state index is 11.6. The van der Waals surface area contributed by atoms with E-state index >= 15 is 0 Å². The van der Waals surface area contributed by atoms with E-state index in [4.69, 9.17) is 13.1 Å². The minimum Gasteiger partial charge on any atom is -0.372 e. The molecular weight excluding hydrogens is 386 g/mol. The van der Waals surface area contributed by atoms with E-state index in [1.165, 1.54) is 6.92 Å². The molecule has 0 aliphatic heterocycles. The Hall–Kier alpha value is -4.31. The van der Waals surface area contributed by atoms with Gasteiger partial charge in [0.25, 0.3) is 0 Å². The molecule has 0 atom stereocenters. The molecule has 2 rings (SSSR count). The van der Waals surface area contributed by atoms with Crippen LogP contribution in [0.4, 0.5) is 39.8 Å². The molecular formula is C20H19N7O3. The van der Waals surface area contributed by atoms with Gasteiger partial charge < -0.3 is 10.2 Å². The van der Waals surface area contributed by atoms with Gasteiger partial charge in [-0.25, -0.2) is 9.69 Å². The zero-order valence-electron chi connectivity index (χ0n) is 16.7. The normalized spacial score (nSPS) is 10.3. The van der Waals surface area contributed by atoms with Crippen molar-refractivity contribution >= 4 is 45.7 Å². The molecule has 0 unspecified atom stereocenters. The number of amides is 1. The van der Waals surface area contributed by atoms with Crippen LogP contribution in [0.25, 0.3) is 9.69 Å². The van der Waals surface area contributed by atoms with Crippen molar-refractivity contribution in [2.45, 2.75) is 20.8 Å². The van der Waals surface area contributed by atoms with E-state index in [0.717, 1.165) is 30.9 Å². The summed E-state index contributed by atoms with van der Waals surface area (Å²) in [7, 11) is 0. The van der Waals surface area contributed by atoms with E-state index in [9.17, 15) is 14.9 Å². The predicted octanol–water partition coefficient (Wildman–Crippen LogP) is 5.92. The van der Waals surface area contributed by atoms with E-state index in [1.54, 1.807) is 12.1 Å². The second-order valence-corrected chi connectivity index (χ2v) is 6.07. The summed E-state index contributed by atoms with van der Waals surface area (Å²) in [4.78, 5) is 30.5. The summed E-state index contributed by atoms with van der Waals surface area (Å²) in [5.41, 5.74) is 0.902. The summed E-state index contributed by atoms with van der Waals surface area (Å²) < 4.78 is 0. The van der Waals surface area contributed by atoms with Gasteiger partial charge >= 0.3 is 0 Å². The molecule has 0 aliphatic rings. The average Bonchev–Trinajstić information content (AvgIpc) is 2.72. The molecule has 30 heavy (non-hydrogen) atoms. The Morgan fingerprint density at radius 1 is 1.13 bits per heavy atom. The predicted molar refractivity (Wildman–Crippen MR) is 114 cm³/mol. The number of benzene rings is 2. The lowest BCUT2D eigenvalue weighted by molar-refractivity contribution is -0.384. The smallest absolute Gasteiger partial charge is 0.249 e. The Morgan fingerprint density at radius 2 is 1.73 bits per heavy atom. The number of nitrogens with zero attached hydrogens (tertiary/aromatic N) is 6. The quantitative estimate of drug-likeness (QED) is 0.267. The number of carbonyl (C=O) groups is 1. The van der Waals surface area contributed by atoms with Gasteiger partial charge in [-0.3, -0.25) is 14.9 Å². The summed E-state index contributed by atoms with van der Waals surface area (Å²) in [5, 5.41) is 21.8. The molecule has 0 spiro atoms. The number of anilines is 2. The lowest BCUT2D eigenvalue weighted by Gasteiger charge is -2.22. The highest BCUT2D eigenvalue weighted by atomic mass is 16.6. The number of carbonyl (C=O) groups excluding carboxylic acids is 1. The minimum atomic E-state index is -0.675. The van der Waals surface area contributed by atoms with Crippen LogP contribution in [0.2, 0.25) is 0 Å². The van der Waals surface area contributed by atoms with E-state index < -0.39 is 4.92 Å². The van der Waals surface area contributed by atoms with Crippen LogP contribution < -0.4 is 10.2 Å². The molecule has 0 heterocycles. The molecule has 2 aromatic carbocycles. The average molecular weight is 405 g/mol. The summed E-state index contributed by atoms with van der Waals surface area (Å²) in [6.07, 6.45) is 0. The first-order valence-electron chi connectivity index (χ1n) is 9.00. The summed E-state index contributed by atoms with van der Waals surface area (Å²) in [6, 6.07) is 7.36. The van der Waals surface area contributed by atoms with Crippen molar-refractivity contribution in [1.29, 1.82) is 0 Å². The number of nitro benzene ring substituents is 1. The van der Waals surface area contributed by atoms with Crippen molar-refractivity contribution < 1.29 is 9.72 Å². The van der Waals surface area contributed by atoms with Crippen molar-refractivity contribution in [3.63, 3.8) is 0 Å². The molecule has 0 aliphatic carbocycles. The van der Waals surface area contributed by atoms with Gasteiger partial charge in [0.15, 0.2) is 0 Å². The Balaban J connectivity index is 2.56. The zero-order valence-corrected chi connectivity index (χ0v) is 16.7. The molecule has 10 heteroatoms. The fourth-order valence-corrected chi connectivity index (χ4v) is 2.76. The number of hydrogen-bond acceptors (Lipinski definition) is 6. The van der Waals surface area contributed by atoms with Crippen molar-refractivity contribution in [3.8, 4) is 0 Å². The fraction of sp³-hybridized carbons (Fsp3) is 0.250. The number of nitro groups is 1. The van der Waals surface area contributed by atoms with E-state index in [1.807, 2.05) is 19.9 Å². The van der Waals surface area contributed by atoms with Crippen LogP contribution in [0.3, 0.4) is 0 Å². The van der Waals surface area contributed by atoms with Crippen LogP contribution >= 0.6 is 0 Å². The number of azo groups is 1. The van der Waals surface area contributed by atoms with Crippen LogP contribution in [-0.4, -0.2) is 23.9 Å². The number of non-ortho nitro benzene ring substituents is 1. The SMILES string of the molecule is [C-]#[N+]c1cc([N+](=O)[O-])cc([N+]#[C-])c1/N=N/c1ccc(N(CC)CC)cc1NC(C)=O. The van der Waals surface area contributed by atoms with Gasteiger partial charge in [0.1, 0.15) is 5.69 Å². The molecule has 0 saturated heterocycles. The number of hydrogen-bond donors (Lipinski definition) is 1. The van der Waals surface area contributed by atoms with Crippen LogP contribution in [0, 0.1) is 23.3 Å². The Labute approximate surface area is 173 Å². The zero-order chi connectivity index (χ0) is 22.3. The van der Waals surface area contributed by atoms with Gasteiger partial charge in [0.05, 0.1) is 29.4 Å². The topological polar surface area (TPSA) is 109 Å². The molecule has 0 fully saturated rings. The summed E-state index contributed by atoms with van der Waals surface area (Å²) in [5.74, 6) is -0.290. The van der Waals surface area contributed by atoms with Crippen LogP contribution in [0.1, 0.15) is 20.8 Å². The first-order valence-corrected chi connectivity index (χ1v) is 9.00. The third-order valence-electron chi connectivity index (χ3n) is 4.18. The molecule has 0 bridgehead atoms. The molecule has 1 amide bonds. The standard InChI is InChI=1S/C20H19N7O3/c1-6-26(7-2)14-8-9-16(17(10-14)23-13(3)28)24-25-20-18(21-4)11-15(27(29)30)12-19(20)22-5/h8-12H,6-7H2,1-3H3,(H,23,28)/b25-24+. The van der Waals surface area contributed by atoms with Crippen molar-refractivity contribution in [2.75, 3.05) is 23.3 Å². The van der Waals surface area contributed by atoms with Crippen LogP contribution in [0.15, 0.2) is 40.6 Å². The number of rotatable bonds is 7. The van der Waals surface area contributed by atoms with Crippen LogP contribution in [0.5, 0.6) is 0 Å². The lowest BCUT2D eigenvalue weighted by atomic mass is 10.2. The van der Waals surface area contributed by atoms with Gasteiger partial charge in [-0.15, -0.1) is 0 Å². The van der Waals surface area contributed by atoms with E-state index in [2.05, 4.69) is 30.1 Å². The highest BCUT2D eigenvalue weighted by Gasteiger charge is 2.17.